The Morgan fingerprint density at radius 2 is 1.75 bits per heavy atom. The second-order valence-electron chi connectivity index (χ2n) is 12.4. The molecule has 32 heavy (non-hydrogen) atoms. The van der Waals surface area contributed by atoms with Gasteiger partial charge in [-0.3, -0.25) is 0 Å². The van der Waals surface area contributed by atoms with Crippen molar-refractivity contribution in [2.45, 2.75) is 122 Å². The molecule has 1 spiro atoms. The Labute approximate surface area is 197 Å². The number of hydrogen-bond acceptors (Lipinski definition) is 4. The molecule has 0 aromatic heterocycles. The Kier molecular flexibility index (Phi) is 6.96. The van der Waals surface area contributed by atoms with Crippen LogP contribution in [-0.4, -0.2) is 44.6 Å². The summed E-state index contributed by atoms with van der Waals surface area (Å²) in [5, 5.41) is 11.2. The molecule has 4 nitrogen and oxygen atoms in total. The molecule has 1 heterocycles. The Balaban J connectivity index is 1.58. The summed E-state index contributed by atoms with van der Waals surface area (Å²) in [7, 11) is -1.93. The lowest BCUT2D eigenvalue weighted by molar-refractivity contribution is -0.351. The SMILES string of the molecule is CC[C@]12CC[C@@H](O)[C@H](C#C[C@H](O[Si](C)(C)C(C)(C)C)C3CCCCC3)[C@H]1CC21OCCO1. The molecule has 1 saturated heterocycles. The van der Waals surface area contributed by atoms with Crippen LogP contribution in [0.2, 0.25) is 18.1 Å². The van der Waals surface area contributed by atoms with Crippen LogP contribution in [0.15, 0.2) is 0 Å². The van der Waals surface area contributed by atoms with Gasteiger partial charge in [0.15, 0.2) is 14.1 Å². The second kappa shape index (κ2) is 9.00. The lowest BCUT2D eigenvalue weighted by atomic mass is 9.45. The van der Waals surface area contributed by atoms with E-state index in [2.05, 4.69) is 52.6 Å². The fourth-order valence-corrected chi connectivity index (χ4v) is 7.90. The van der Waals surface area contributed by atoms with Crippen molar-refractivity contribution in [2.24, 2.45) is 23.2 Å². The quantitative estimate of drug-likeness (QED) is 0.418. The van der Waals surface area contributed by atoms with Crippen LogP contribution in [0.25, 0.3) is 0 Å². The molecule has 182 valence electrons. The molecule has 0 amide bonds. The summed E-state index contributed by atoms with van der Waals surface area (Å²) < 4.78 is 19.3. The standard InChI is InChI=1S/C27H46O4Si/c1-7-26-16-15-23(28)21(22(26)19-27(26)29-17-18-30-27)13-14-24(20-11-9-8-10-12-20)31-32(5,6)25(2,3)4/h20-24,28H,7-12,15-19H2,1-6H3/t21-,22-,23-,24+,26+/m1/s1. The van der Waals surface area contributed by atoms with Crippen molar-refractivity contribution in [3.8, 4) is 11.8 Å². The third kappa shape index (κ3) is 4.13. The minimum absolute atomic E-state index is 0.00268. The van der Waals surface area contributed by atoms with Crippen LogP contribution >= 0.6 is 0 Å². The summed E-state index contributed by atoms with van der Waals surface area (Å²) in [5.74, 6) is 7.72. The van der Waals surface area contributed by atoms with Crippen molar-refractivity contribution >= 4 is 8.32 Å². The van der Waals surface area contributed by atoms with E-state index in [1.54, 1.807) is 0 Å². The van der Waals surface area contributed by atoms with Gasteiger partial charge >= 0.3 is 0 Å². The van der Waals surface area contributed by atoms with E-state index in [1.165, 1.54) is 32.1 Å². The van der Waals surface area contributed by atoms with Gasteiger partial charge < -0.3 is 19.0 Å². The average Bonchev–Trinajstić information content (AvgIpc) is 3.24. The second-order valence-corrected chi connectivity index (χ2v) is 17.1. The van der Waals surface area contributed by atoms with Crippen molar-refractivity contribution in [1.29, 1.82) is 0 Å². The van der Waals surface area contributed by atoms with Gasteiger partial charge in [-0.05, 0) is 62.1 Å². The Morgan fingerprint density at radius 1 is 1.09 bits per heavy atom. The largest absolute Gasteiger partial charge is 0.403 e. The number of hydrogen-bond donors (Lipinski definition) is 1. The molecule has 4 fully saturated rings. The lowest BCUT2D eigenvalue weighted by Gasteiger charge is -2.65. The molecule has 5 atom stereocenters. The van der Waals surface area contributed by atoms with E-state index in [9.17, 15) is 5.11 Å². The molecule has 5 heteroatoms. The van der Waals surface area contributed by atoms with E-state index in [0.717, 1.165) is 25.7 Å². The number of aliphatic hydroxyl groups excluding tert-OH is 1. The molecule has 1 N–H and O–H groups in total. The monoisotopic (exact) mass is 462 g/mol. The van der Waals surface area contributed by atoms with Crippen molar-refractivity contribution in [2.75, 3.05) is 13.2 Å². The maximum absolute atomic E-state index is 11.0. The minimum Gasteiger partial charge on any atom is -0.403 e. The van der Waals surface area contributed by atoms with E-state index in [-0.39, 0.29) is 28.6 Å². The summed E-state index contributed by atoms with van der Waals surface area (Å²) in [4.78, 5) is 0. The zero-order chi connectivity index (χ0) is 23.2. The Hall–Kier alpha value is -0.383. The van der Waals surface area contributed by atoms with Gasteiger partial charge in [0.2, 0.25) is 0 Å². The van der Waals surface area contributed by atoms with Crippen LogP contribution in [0, 0.1) is 35.0 Å². The summed E-state index contributed by atoms with van der Waals surface area (Å²) >= 11 is 0. The van der Waals surface area contributed by atoms with Crippen molar-refractivity contribution in [3.63, 3.8) is 0 Å². The first-order chi connectivity index (χ1) is 15.1. The molecule has 0 bridgehead atoms. The van der Waals surface area contributed by atoms with E-state index in [1.807, 2.05) is 0 Å². The van der Waals surface area contributed by atoms with Gasteiger partial charge in [-0.25, -0.2) is 0 Å². The molecule has 3 aliphatic carbocycles. The van der Waals surface area contributed by atoms with Crippen molar-refractivity contribution in [1.82, 2.24) is 0 Å². The van der Waals surface area contributed by atoms with Crippen LogP contribution in [0.4, 0.5) is 0 Å². The first-order valence-corrected chi connectivity index (χ1v) is 16.1. The molecule has 0 aromatic rings. The van der Waals surface area contributed by atoms with Crippen molar-refractivity contribution in [3.05, 3.63) is 0 Å². The van der Waals surface area contributed by atoms with E-state index < -0.39 is 14.1 Å². The zero-order valence-electron chi connectivity index (χ0n) is 21.3. The lowest BCUT2D eigenvalue weighted by Crippen LogP contribution is -2.68. The van der Waals surface area contributed by atoms with Crippen LogP contribution in [0.1, 0.15) is 85.5 Å². The summed E-state index contributed by atoms with van der Waals surface area (Å²) in [6, 6.07) is 0. The zero-order valence-corrected chi connectivity index (χ0v) is 22.3. The van der Waals surface area contributed by atoms with Gasteiger partial charge in [-0.2, -0.15) is 0 Å². The third-order valence-electron chi connectivity index (χ3n) is 9.77. The number of fused-ring (bicyclic) bond motifs is 2. The number of rotatable bonds is 4. The predicted octanol–water partition coefficient (Wildman–Crippen LogP) is 5.89. The Morgan fingerprint density at radius 3 is 2.34 bits per heavy atom. The molecule has 0 aromatic carbocycles. The normalized spacial score (nSPS) is 36.2. The minimum atomic E-state index is -1.93. The van der Waals surface area contributed by atoms with Crippen LogP contribution < -0.4 is 0 Å². The number of ether oxygens (including phenoxy) is 2. The summed E-state index contributed by atoms with van der Waals surface area (Å²) in [6.07, 6.45) is 9.63. The molecule has 0 unspecified atom stereocenters. The maximum Gasteiger partial charge on any atom is 0.193 e. The van der Waals surface area contributed by atoms with E-state index in [4.69, 9.17) is 13.9 Å². The predicted molar refractivity (Wildman–Crippen MR) is 131 cm³/mol. The van der Waals surface area contributed by atoms with Crippen molar-refractivity contribution < 1.29 is 19.0 Å². The summed E-state index contributed by atoms with van der Waals surface area (Å²) in [6.45, 7) is 15.2. The molecule has 3 saturated carbocycles. The molecule has 4 aliphatic rings. The fraction of sp³-hybridized carbons (Fsp3) is 0.926. The highest BCUT2D eigenvalue weighted by atomic mass is 28.4. The summed E-state index contributed by atoms with van der Waals surface area (Å²) in [5.41, 5.74) is 0.00268. The third-order valence-corrected chi connectivity index (χ3v) is 14.2. The average molecular weight is 463 g/mol. The highest BCUT2D eigenvalue weighted by molar-refractivity contribution is 6.74. The molecule has 4 rings (SSSR count). The van der Waals surface area contributed by atoms with Crippen LogP contribution in [0.3, 0.4) is 0 Å². The maximum atomic E-state index is 11.0. The topological polar surface area (TPSA) is 47.9 Å². The first-order valence-electron chi connectivity index (χ1n) is 13.2. The molecular weight excluding hydrogens is 416 g/mol. The number of aliphatic hydroxyl groups is 1. The molecular formula is C27H46O4Si. The van der Waals surface area contributed by atoms with Gasteiger partial charge in [0.05, 0.1) is 25.2 Å². The molecule has 1 aliphatic heterocycles. The Bertz CT molecular complexity index is 720. The van der Waals surface area contributed by atoms with Crippen LogP contribution in [0.5, 0.6) is 0 Å². The van der Waals surface area contributed by atoms with Gasteiger partial charge in [0.1, 0.15) is 6.10 Å². The van der Waals surface area contributed by atoms with Gasteiger partial charge in [0.25, 0.3) is 0 Å². The smallest absolute Gasteiger partial charge is 0.193 e. The highest BCUT2D eigenvalue weighted by Gasteiger charge is 2.71. The van der Waals surface area contributed by atoms with E-state index in [0.29, 0.717) is 25.0 Å². The van der Waals surface area contributed by atoms with Gasteiger partial charge in [-0.15, -0.1) is 0 Å². The van der Waals surface area contributed by atoms with Gasteiger partial charge in [-0.1, -0.05) is 58.8 Å². The van der Waals surface area contributed by atoms with Gasteiger partial charge in [0, 0.05) is 11.8 Å². The molecule has 0 radical (unpaired) electrons. The highest BCUT2D eigenvalue weighted by Crippen LogP contribution is 2.67. The van der Waals surface area contributed by atoms with Crippen LogP contribution in [-0.2, 0) is 13.9 Å². The fourth-order valence-electron chi connectivity index (χ4n) is 6.66. The first kappa shape index (κ1) is 24.7. The van der Waals surface area contributed by atoms with E-state index >= 15 is 0 Å².